The number of hydrogen-bond acceptors (Lipinski definition) is 3. The van der Waals surface area contributed by atoms with Gasteiger partial charge in [-0.05, 0) is 13.3 Å². The van der Waals surface area contributed by atoms with Crippen molar-refractivity contribution in [1.82, 2.24) is 0 Å². The molecule has 0 unspecified atom stereocenters. The molecule has 3 heteroatoms. The Balaban J connectivity index is 3.23. The van der Waals surface area contributed by atoms with Crippen LogP contribution in [0.25, 0.3) is 0 Å². The largest absolute Gasteiger partial charge is 0.465 e. The van der Waals surface area contributed by atoms with Gasteiger partial charge in [0.15, 0.2) is 0 Å². The standard InChI is InChI=1S/C17H33NO2/c1-4-5-6-7-8-9-10-11-12-13-14-15-18-16(2)17(19)20-3/h4-15H2,1-3H3. The zero-order valence-electron chi connectivity index (χ0n) is 13.7. The summed E-state index contributed by atoms with van der Waals surface area (Å²) in [5.41, 5.74) is 0.486. The number of hydrogen-bond donors (Lipinski definition) is 0. The predicted octanol–water partition coefficient (Wildman–Crippen LogP) is 4.93. The van der Waals surface area contributed by atoms with Gasteiger partial charge in [-0.1, -0.05) is 71.1 Å². The van der Waals surface area contributed by atoms with E-state index in [1.807, 2.05) is 0 Å². The van der Waals surface area contributed by atoms with Crippen LogP contribution < -0.4 is 0 Å². The van der Waals surface area contributed by atoms with Gasteiger partial charge in [0.2, 0.25) is 0 Å². The smallest absolute Gasteiger partial charge is 0.351 e. The molecule has 0 aliphatic rings. The molecule has 0 amide bonds. The average Bonchev–Trinajstić information content (AvgIpc) is 2.47. The summed E-state index contributed by atoms with van der Waals surface area (Å²) in [5, 5.41) is 0. The lowest BCUT2D eigenvalue weighted by atomic mass is 10.1. The van der Waals surface area contributed by atoms with Crippen LogP contribution in [0.3, 0.4) is 0 Å². The highest BCUT2D eigenvalue weighted by molar-refractivity contribution is 6.35. The van der Waals surface area contributed by atoms with Crippen molar-refractivity contribution in [2.75, 3.05) is 13.7 Å². The number of carbonyl (C=O) groups excluding carboxylic acids is 1. The first-order chi connectivity index (χ1) is 9.72. The summed E-state index contributed by atoms with van der Waals surface area (Å²) in [5.74, 6) is -0.312. The molecule has 0 bridgehead atoms. The molecule has 0 saturated heterocycles. The number of carbonyl (C=O) groups is 1. The van der Waals surface area contributed by atoms with Crippen molar-refractivity contribution >= 4 is 11.7 Å². The lowest BCUT2D eigenvalue weighted by Gasteiger charge is -2.02. The van der Waals surface area contributed by atoms with Crippen LogP contribution in [-0.4, -0.2) is 25.3 Å². The Bertz CT molecular complexity index is 262. The van der Waals surface area contributed by atoms with E-state index < -0.39 is 0 Å². The summed E-state index contributed by atoms with van der Waals surface area (Å²) in [6, 6.07) is 0. The fourth-order valence-electron chi connectivity index (χ4n) is 2.24. The molecule has 0 aromatic carbocycles. The maximum absolute atomic E-state index is 11.1. The van der Waals surface area contributed by atoms with Crippen molar-refractivity contribution in [1.29, 1.82) is 0 Å². The van der Waals surface area contributed by atoms with Crippen LogP contribution in [0.5, 0.6) is 0 Å². The molecule has 0 aromatic rings. The molecular formula is C17H33NO2. The summed E-state index contributed by atoms with van der Waals surface area (Å²) in [7, 11) is 1.39. The van der Waals surface area contributed by atoms with Gasteiger partial charge >= 0.3 is 5.97 Å². The molecule has 0 saturated carbocycles. The van der Waals surface area contributed by atoms with Crippen molar-refractivity contribution in [3.05, 3.63) is 0 Å². The zero-order valence-corrected chi connectivity index (χ0v) is 13.7. The molecule has 0 spiro atoms. The van der Waals surface area contributed by atoms with Crippen LogP contribution in [-0.2, 0) is 9.53 Å². The Labute approximate surface area is 125 Å². The van der Waals surface area contributed by atoms with Gasteiger partial charge in [-0.2, -0.15) is 0 Å². The summed E-state index contributed by atoms with van der Waals surface area (Å²) in [6.45, 7) is 4.72. The molecule has 0 radical (unpaired) electrons. The van der Waals surface area contributed by atoms with Crippen molar-refractivity contribution in [2.24, 2.45) is 4.99 Å². The van der Waals surface area contributed by atoms with Crippen LogP contribution in [0.2, 0.25) is 0 Å². The quantitative estimate of drug-likeness (QED) is 0.273. The Morgan fingerprint density at radius 1 is 0.850 bits per heavy atom. The Hall–Kier alpha value is -0.860. The van der Waals surface area contributed by atoms with E-state index in [4.69, 9.17) is 0 Å². The first-order valence-corrected chi connectivity index (χ1v) is 8.31. The molecule has 0 aromatic heterocycles. The maximum Gasteiger partial charge on any atom is 0.351 e. The van der Waals surface area contributed by atoms with E-state index in [0.29, 0.717) is 5.71 Å². The highest BCUT2D eigenvalue weighted by Gasteiger charge is 2.02. The third-order valence-corrected chi connectivity index (χ3v) is 3.59. The number of nitrogens with zero attached hydrogens (tertiary/aromatic N) is 1. The van der Waals surface area contributed by atoms with Crippen LogP contribution in [0.1, 0.15) is 84.5 Å². The Morgan fingerprint density at radius 3 is 1.75 bits per heavy atom. The minimum absolute atomic E-state index is 0.312. The topological polar surface area (TPSA) is 38.7 Å². The van der Waals surface area contributed by atoms with E-state index in [0.717, 1.165) is 13.0 Å². The molecule has 0 rings (SSSR count). The van der Waals surface area contributed by atoms with Crippen LogP contribution in [0.4, 0.5) is 0 Å². The van der Waals surface area contributed by atoms with Gasteiger partial charge in [0, 0.05) is 6.54 Å². The molecule has 118 valence electrons. The first kappa shape index (κ1) is 19.1. The van der Waals surface area contributed by atoms with E-state index in [9.17, 15) is 4.79 Å². The van der Waals surface area contributed by atoms with E-state index in [2.05, 4.69) is 16.7 Å². The van der Waals surface area contributed by atoms with Crippen molar-refractivity contribution < 1.29 is 9.53 Å². The fraction of sp³-hybridized carbons (Fsp3) is 0.882. The SMILES string of the molecule is CCCCCCCCCCCCCN=C(C)C(=O)OC. The van der Waals surface area contributed by atoms with Crippen molar-refractivity contribution in [3.63, 3.8) is 0 Å². The van der Waals surface area contributed by atoms with Gasteiger partial charge in [-0.3, -0.25) is 4.99 Å². The molecular weight excluding hydrogens is 250 g/mol. The second-order valence-electron chi connectivity index (χ2n) is 5.49. The predicted molar refractivity (Wildman–Crippen MR) is 86.5 cm³/mol. The van der Waals surface area contributed by atoms with Crippen LogP contribution >= 0.6 is 0 Å². The third kappa shape index (κ3) is 12.2. The summed E-state index contributed by atoms with van der Waals surface area (Å²) < 4.78 is 4.60. The van der Waals surface area contributed by atoms with Gasteiger partial charge in [-0.15, -0.1) is 0 Å². The molecule has 0 atom stereocenters. The molecule has 0 heterocycles. The number of esters is 1. The minimum atomic E-state index is -0.312. The molecule has 0 fully saturated rings. The van der Waals surface area contributed by atoms with Gasteiger partial charge < -0.3 is 4.74 Å². The second-order valence-corrected chi connectivity index (χ2v) is 5.49. The second kappa shape index (κ2) is 14.5. The average molecular weight is 283 g/mol. The Kier molecular flexibility index (Phi) is 13.9. The lowest BCUT2D eigenvalue weighted by molar-refractivity contribution is -0.132. The number of rotatable bonds is 13. The molecule has 0 aliphatic heterocycles. The van der Waals surface area contributed by atoms with E-state index in [1.54, 1.807) is 6.92 Å². The highest BCUT2D eigenvalue weighted by atomic mass is 16.5. The molecule has 20 heavy (non-hydrogen) atoms. The minimum Gasteiger partial charge on any atom is -0.465 e. The van der Waals surface area contributed by atoms with Gasteiger partial charge in [0.1, 0.15) is 5.71 Å². The monoisotopic (exact) mass is 283 g/mol. The maximum atomic E-state index is 11.1. The first-order valence-electron chi connectivity index (χ1n) is 8.31. The summed E-state index contributed by atoms with van der Waals surface area (Å²) in [6.07, 6.45) is 14.6. The van der Waals surface area contributed by atoms with Crippen LogP contribution in [0.15, 0.2) is 4.99 Å². The number of ether oxygens (including phenoxy) is 1. The molecule has 3 nitrogen and oxygen atoms in total. The normalized spacial score (nSPS) is 11.7. The Morgan fingerprint density at radius 2 is 1.30 bits per heavy atom. The number of unbranched alkanes of at least 4 members (excludes halogenated alkanes) is 10. The third-order valence-electron chi connectivity index (χ3n) is 3.59. The summed E-state index contributed by atoms with van der Waals surface area (Å²) in [4.78, 5) is 15.3. The molecule has 0 aliphatic carbocycles. The van der Waals surface area contributed by atoms with E-state index >= 15 is 0 Å². The number of aliphatic imine (C=N–C) groups is 1. The van der Waals surface area contributed by atoms with Gasteiger partial charge in [0.25, 0.3) is 0 Å². The van der Waals surface area contributed by atoms with Crippen LogP contribution in [0, 0.1) is 0 Å². The number of methoxy groups -OCH3 is 1. The van der Waals surface area contributed by atoms with E-state index in [-0.39, 0.29) is 5.97 Å². The van der Waals surface area contributed by atoms with Crippen molar-refractivity contribution in [3.8, 4) is 0 Å². The molecule has 0 N–H and O–H groups in total. The van der Waals surface area contributed by atoms with E-state index in [1.165, 1.54) is 71.3 Å². The lowest BCUT2D eigenvalue weighted by Crippen LogP contribution is -2.12. The highest BCUT2D eigenvalue weighted by Crippen LogP contribution is 2.11. The zero-order chi connectivity index (χ0) is 15.1. The van der Waals surface area contributed by atoms with Crippen molar-refractivity contribution in [2.45, 2.75) is 84.5 Å². The van der Waals surface area contributed by atoms with Gasteiger partial charge in [0.05, 0.1) is 7.11 Å². The summed E-state index contributed by atoms with van der Waals surface area (Å²) >= 11 is 0. The fourth-order valence-corrected chi connectivity index (χ4v) is 2.24. The van der Waals surface area contributed by atoms with Gasteiger partial charge in [-0.25, -0.2) is 4.79 Å².